The molecular weight excluding hydrogens is 368 g/mol. The Kier molecular flexibility index (Phi) is 6.29. The van der Waals surface area contributed by atoms with Crippen LogP contribution in [0.1, 0.15) is 25.0 Å². The molecule has 2 aromatic carbocycles. The number of phenolic OH excluding ortho intramolecular Hbond substituents is 1. The summed E-state index contributed by atoms with van der Waals surface area (Å²) < 4.78 is 0. The summed E-state index contributed by atoms with van der Waals surface area (Å²) >= 11 is 0. The van der Waals surface area contributed by atoms with Crippen molar-refractivity contribution in [3.63, 3.8) is 0 Å². The predicted octanol–water partition coefficient (Wildman–Crippen LogP) is 1.97. The molecule has 2 aromatic rings. The summed E-state index contributed by atoms with van der Waals surface area (Å²) in [6, 6.07) is 16.8. The highest BCUT2D eigenvalue weighted by molar-refractivity contribution is 6.35. The lowest BCUT2D eigenvalue weighted by atomic mass is 9.98. The molecule has 152 valence electrons. The van der Waals surface area contributed by atoms with E-state index >= 15 is 0 Å². The number of nitrogens with one attached hydrogen (secondary N) is 1. The highest BCUT2D eigenvalue weighted by Gasteiger charge is 2.39. The van der Waals surface area contributed by atoms with Gasteiger partial charge in [-0.3, -0.25) is 14.5 Å². The van der Waals surface area contributed by atoms with E-state index in [1.165, 1.54) is 17.8 Å². The number of piperazine rings is 1. The second-order valence-corrected chi connectivity index (χ2v) is 7.72. The molecule has 7 heteroatoms. The highest BCUT2D eigenvalue weighted by atomic mass is 16.3. The number of carbonyl (C=O) groups is 2. The smallest absolute Gasteiger partial charge is 0.329 e. The van der Waals surface area contributed by atoms with Crippen LogP contribution < -0.4 is 5.43 Å². The zero-order valence-electron chi connectivity index (χ0n) is 16.7. The molecule has 1 aliphatic rings. The maximum absolute atomic E-state index is 12.7. The Labute approximate surface area is 170 Å². The Hall–Kier alpha value is -3.19. The van der Waals surface area contributed by atoms with Crippen LogP contribution in [0.5, 0.6) is 5.75 Å². The summed E-state index contributed by atoms with van der Waals surface area (Å²) in [5, 5.41) is 13.5. The van der Waals surface area contributed by atoms with Crippen molar-refractivity contribution in [2.75, 3.05) is 19.6 Å². The van der Waals surface area contributed by atoms with Gasteiger partial charge >= 0.3 is 11.8 Å². The first-order chi connectivity index (χ1) is 13.9. The molecule has 0 unspecified atom stereocenters. The topological polar surface area (TPSA) is 85.2 Å². The molecule has 2 amide bonds. The van der Waals surface area contributed by atoms with Crippen LogP contribution in [0.3, 0.4) is 0 Å². The van der Waals surface area contributed by atoms with Crippen LogP contribution in [-0.2, 0) is 16.1 Å². The zero-order valence-corrected chi connectivity index (χ0v) is 16.7. The van der Waals surface area contributed by atoms with Crippen molar-refractivity contribution in [1.29, 1.82) is 0 Å². The molecule has 0 aromatic heterocycles. The van der Waals surface area contributed by atoms with Crippen molar-refractivity contribution in [2.24, 2.45) is 5.10 Å². The lowest BCUT2D eigenvalue weighted by Gasteiger charge is -2.46. The zero-order chi connectivity index (χ0) is 20.9. The number of phenols is 1. The van der Waals surface area contributed by atoms with E-state index in [2.05, 4.69) is 27.6 Å². The summed E-state index contributed by atoms with van der Waals surface area (Å²) in [5.41, 5.74) is 3.45. The molecule has 0 atom stereocenters. The largest absolute Gasteiger partial charge is 0.507 e. The van der Waals surface area contributed by atoms with Crippen LogP contribution in [0.4, 0.5) is 0 Å². The predicted molar refractivity (Wildman–Crippen MR) is 111 cm³/mol. The number of aromatic hydroxyl groups is 1. The Balaban J connectivity index is 1.57. The number of hydrazone groups is 1. The van der Waals surface area contributed by atoms with Crippen molar-refractivity contribution in [1.82, 2.24) is 15.2 Å². The van der Waals surface area contributed by atoms with E-state index in [1.54, 1.807) is 23.1 Å². The number of rotatable bonds is 4. The molecule has 1 heterocycles. The number of para-hydroxylation sites is 1. The SMILES string of the molecule is CC1(C)CN(Cc2ccccc2)CCN1C(=O)C(=O)N/N=C/c1ccccc1O. The molecule has 0 spiro atoms. The van der Waals surface area contributed by atoms with Crippen molar-refractivity contribution >= 4 is 18.0 Å². The molecule has 7 nitrogen and oxygen atoms in total. The third kappa shape index (κ3) is 5.20. The number of benzene rings is 2. The van der Waals surface area contributed by atoms with Gasteiger partial charge in [0.1, 0.15) is 5.75 Å². The van der Waals surface area contributed by atoms with Crippen LogP contribution in [-0.4, -0.2) is 58.1 Å². The number of carbonyl (C=O) groups excluding carboxylic acids is 2. The molecule has 0 saturated carbocycles. The Morgan fingerprint density at radius 2 is 1.79 bits per heavy atom. The van der Waals surface area contributed by atoms with Gasteiger partial charge in [-0.15, -0.1) is 0 Å². The molecule has 0 aliphatic carbocycles. The van der Waals surface area contributed by atoms with E-state index in [0.717, 1.165) is 6.54 Å². The highest BCUT2D eigenvalue weighted by Crippen LogP contribution is 2.22. The van der Waals surface area contributed by atoms with Gasteiger partial charge < -0.3 is 10.0 Å². The van der Waals surface area contributed by atoms with Gasteiger partial charge in [-0.1, -0.05) is 42.5 Å². The maximum atomic E-state index is 12.7. The number of hydrogen-bond acceptors (Lipinski definition) is 5. The van der Waals surface area contributed by atoms with Crippen molar-refractivity contribution in [2.45, 2.75) is 25.9 Å². The summed E-state index contributed by atoms with van der Waals surface area (Å²) in [4.78, 5) is 28.8. The van der Waals surface area contributed by atoms with Gasteiger partial charge in [0, 0.05) is 31.7 Å². The van der Waals surface area contributed by atoms with Crippen LogP contribution in [0, 0.1) is 0 Å². The summed E-state index contributed by atoms with van der Waals surface area (Å²) in [6.07, 6.45) is 1.31. The third-order valence-electron chi connectivity index (χ3n) is 4.98. The van der Waals surface area contributed by atoms with Crippen LogP contribution in [0.15, 0.2) is 59.7 Å². The molecule has 29 heavy (non-hydrogen) atoms. The van der Waals surface area contributed by atoms with E-state index in [0.29, 0.717) is 25.2 Å². The Morgan fingerprint density at radius 3 is 2.48 bits per heavy atom. The molecule has 1 saturated heterocycles. The number of nitrogens with zero attached hydrogens (tertiary/aromatic N) is 3. The molecule has 0 bridgehead atoms. The van der Waals surface area contributed by atoms with Gasteiger partial charge in [-0.2, -0.15) is 5.10 Å². The number of amides is 2. The van der Waals surface area contributed by atoms with Gasteiger partial charge in [0.05, 0.1) is 11.8 Å². The lowest BCUT2D eigenvalue weighted by molar-refractivity contribution is -0.152. The van der Waals surface area contributed by atoms with E-state index in [-0.39, 0.29) is 5.75 Å². The van der Waals surface area contributed by atoms with Crippen LogP contribution >= 0.6 is 0 Å². The molecule has 2 N–H and O–H groups in total. The van der Waals surface area contributed by atoms with E-state index in [4.69, 9.17) is 0 Å². The fourth-order valence-corrected chi connectivity index (χ4v) is 3.54. The van der Waals surface area contributed by atoms with Gasteiger partial charge in [0.15, 0.2) is 0 Å². The standard InChI is InChI=1S/C22H26N4O3/c1-22(2)16-25(15-17-8-4-3-5-9-17)12-13-26(22)21(29)20(28)24-23-14-18-10-6-7-11-19(18)27/h3-11,14,27H,12-13,15-16H2,1-2H3,(H,24,28)/b23-14+. The first-order valence-electron chi connectivity index (χ1n) is 9.56. The second-order valence-electron chi connectivity index (χ2n) is 7.72. The van der Waals surface area contributed by atoms with Gasteiger partial charge in [-0.05, 0) is 31.5 Å². The fraction of sp³-hybridized carbons (Fsp3) is 0.318. The van der Waals surface area contributed by atoms with Crippen molar-refractivity contribution < 1.29 is 14.7 Å². The van der Waals surface area contributed by atoms with E-state index < -0.39 is 17.4 Å². The normalized spacial score (nSPS) is 16.7. The van der Waals surface area contributed by atoms with E-state index in [9.17, 15) is 14.7 Å². The minimum absolute atomic E-state index is 0.0486. The van der Waals surface area contributed by atoms with Crippen LogP contribution in [0.25, 0.3) is 0 Å². The van der Waals surface area contributed by atoms with Crippen molar-refractivity contribution in [3.05, 3.63) is 65.7 Å². The molecule has 0 radical (unpaired) electrons. The Morgan fingerprint density at radius 1 is 1.10 bits per heavy atom. The second kappa shape index (κ2) is 8.87. The number of hydrogen-bond donors (Lipinski definition) is 2. The molecule has 1 fully saturated rings. The first-order valence-corrected chi connectivity index (χ1v) is 9.56. The van der Waals surface area contributed by atoms with Gasteiger partial charge in [0.25, 0.3) is 0 Å². The van der Waals surface area contributed by atoms with Gasteiger partial charge in [-0.25, -0.2) is 5.43 Å². The first kappa shape index (κ1) is 20.5. The molecular formula is C22H26N4O3. The maximum Gasteiger partial charge on any atom is 0.329 e. The summed E-state index contributed by atoms with van der Waals surface area (Å²) in [7, 11) is 0. The summed E-state index contributed by atoms with van der Waals surface area (Å²) in [6.45, 7) is 6.56. The average molecular weight is 394 g/mol. The fourth-order valence-electron chi connectivity index (χ4n) is 3.54. The summed E-state index contributed by atoms with van der Waals surface area (Å²) in [5.74, 6) is -1.35. The van der Waals surface area contributed by atoms with Crippen molar-refractivity contribution in [3.8, 4) is 5.75 Å². The monoisotopic (exact) mass is 394 g/mol. The van der Waals surface area contributed by atoms with Crippen LogP contribution in [0.2, 0.25) is 0 Å². The third-order valence-corrected chi connectivity index (χ3v) is 4.98. The average Bonchev–Trinajstić information content (AvgIpc) is 2.69. The lowest BCUT2D eigenvalue weighted by Crippen LogP contribution is -2.62. The van der Waals surface area contributed by atoms with E-state index in [1.807, 2.05) is 32.0 Å². The molecule has 1 aliphatic heterocycles. The van der Waals surface area contributed by atoms with Gasteiger partial charge in [0.2, 0.25) is 0 Å². The minimum Gasteiger partial charge on any atom is -0.507 e. The quantitative estimate of drug-likeness (QED) is 0.472. The Bertz CT molecular complexity index is 896. The molecule has 3 rings (SSSR count). The minimum atomic E-state index is -0.791.